The van der Waals surface area contributed by atoms with Crippen LogP contribution in [-0.4, -0.2) is 12.6 Å². The summed E-state index contributed by atoms with van der Waals surface area (Å²) in [6, 6.07) is 15.7. The van der Waals surface area contributed by atoms with Crippen molar-refractivity contribution in [1.82, 2.24) is 0 Å². The summed E-state index contributed by atoms with van der Waals surface area (Å²) < 4.78 is 6.07. The van der Waals surface area contributed by atoms with Crippen molar-refractivity contribution in [3.05, 3.63) is 64.1 Å². The van der Waals surface area contributed by atoms with E-state index < -0.39 is 0 Å². The van der Waals surface area contributed by atoms with Crippen molar-refractivity contribution >= 4 is 40.0 Å². The van der Waals surface area contributed by atoms with E-state index in [-0.39, 0.29) is 24.4 Å². The van der Waals surface area contributed by atoms with Gasteiger partial charge in [0.25, 0.3) is 0 Å². The fraction of sp³-hybridized carbons (Fsp3) is 0.235. The molecular formula is C17H19BrClNO2. The SMILES string of the molecule is CCOC(=O)c1cccc(N[C@@H](C)c2ccc(Br)cc2)c1.Cl. The van der Waals surface area contributed by atoms with Gasteiger partial charge in [0, 0.05) is 16.2 Å². The van der Waals surface area contributed by atoms with Gasteiger partial charge in [-0.1, -0.05) is 34.1 Å². The number of ether oxygens (including phenoxy) is 1. The highest BCUT2D eigenvalue weighted by molar-refractivity contribution is 9.10. The van der Waals surface area contributed by atoms with Crippen LogP contribution < -0.4 is 5.32 Å². The fourth-order valence-electron chi connectivity index (χ4n) is 2.04. The average molecular weight is 385 g/mol. The van der Waals surface area contributed by atoms with E-state index in [9.17, 15) is 4.79 Å². The highest BCUT2D eigenvalue weighted by Gasteiger charge is 2.09. The van der Waals surface area contributed by atoms with Gasteiger partial charge in [-0.25, -0.2) is 4.79 Å². The maximum Gasteiger partial charge on any atom is 0.338 e. The molecule has 0 aliphatic heterocycles. The lowest BCUT2D eigenvalue weighted by Gasteiger charge is -2.16. The van der Waals surface area contributed by atoms with Crippen molar-refractivity contribution < 1.29 is 9.53 Å². The third-order valence-corrected chi connectivity index (χ3v) is 3.66. The van der Waals surface area contributed by atoms with E-state index in [0.29, 0.717) is 12.2 Å². The molecule has 0 radical (unpaired) electrons. The molecule has 0 aliphatic rings. The summed E-state index contributed by atoms with van der Waals surface area (Å²) in [5.74, 6) is -0.294. The van der Waals surface area contributed by atoms with Crippen molar-refractivity contribution in [2.45, 2.75) is 19.9 Å². The van der Waals surface area contributed by atoms with Gasteiger partial charge in [-0.05, 0) is 49.7 Å². The Kier molecular flexibility index (Phi) is 7.42. The third-order valence-electron chi connectivity index (χ3n) is 3.13. The lowest BCUT2D eigenvalue weighted by atomic mass is 10.1. The summed E-state index contributed by atoms with van der Waals surface area (Å²) in [6.45, 7) is 4.27. The van der Waals surface area contributed by atoms with Gasteiger partial charge >= 0.3 is 5.97 Å². The molecule has 22 heavy (non-hydrogen) atoms. The first-order valence-electron chi connectivity index (χ1n) is 6.89. The van der Waals surface area contributed by atoms with E-state index in [1.54, 1.807) is 13.0 Å². The summed E-state index contributed by atoms with van der Waals surface area (Å²) in [7, 11) is 0. The number of hydrogen-bond donors (Lipinski definition) is 1. The number of rotatable bonds is 5. The molecule has 2 rings (SSSR count). The molecule has 0 aliphatic carbocycles. The maximum atomic E-state index is 11.7. The molecule has 0 unspecified atom stereocenters. The zero-order valence-electron chi connectivity index (χ0n) is 12.5. The Morgan fingerprint density at radius 2 is 1.91 bits per heavy atom. The lowest BCUT2D eigenvalue weighted by molar-refractivity contribution is 0.0526. The topological polar surface area (TPSA) is 38.3 Å². The van der Waals surface area contributed by atoms with Gasteiger partial charge in [0.1, 0.15) is 0 Å². The minimum atomic E-state index is -0.294. The number of halogens is 2. The van der Waals surface area contributed by atoms with E-state index in [4.69, 9.17) is 4.74 Å². The van der Waals surface area contributed by atoms with Crippen LogP contribution in [0, 0.1) is 0 Å². The van der Waals surface area contributed by atoms with E-state index >= 15 is 0 Å². The summed E-state index contributed by atoms with van der Waals surface area (Å²) >= 11 is 3.43. The molecule has 2 aromatic carbocycles. The largest absolute Gasteiger partial charge is 0.462 e. The first-order chi connectivity index (χ1) is 10.1. The predicted octanol–water partition coefficient (Wildman–Crippen LogP) is 5.22. The van der Waals surface area contributed by atoms with Crippen molar-refractivity contribution in [2.24, 2.45) is 0 Å². The molecule has 1 N–H and O–H groups in total. The molecule has 0 amide bonds. The number of benzene rings is 2. The first-order valence-corrected chi connectivity index (χ1v) is 7.68. The second-order valence-electron chi connectivity index (χ2n) is 4.72. The van der Waals surface area contributed by atoms with Gasteiger partial charge in [-0.15, -0.1) is 12.4 Å². The fourth-order valence-corrected chi connectivity index (χ4v) is 2.30. The molecule has 118 valence electrons. The second-order valence-corrected chi connectivity index (χ2v) is 5.63. The Morgan fingerprint density at radius 3 is 2.55 bits per heavy atom. The van der Waals surface area contributed by atoms with Crippen molar-refractivity contribution in [1.29, 1.82) is 0 Å². The molecule has 0 spiro atoms. The van der Waals surface area contributed by atoms with E-state index in [2.05, 4.69) is 40.3 Å². The van der Waals surface area contributed by atoms with Crippen molar-refractivity contribution in [3.63, 3.8) is 0 Å². The Morgan fingerprint density at radius 1 is 1.23 bits per heavy atom. The van der Waals surface area contributed by atoms with Gasteiger partial charge in [0.15, 0.2) is 0 Å². The summed E-state index contributed by atoms with van der Waals surface area (Å²) in [5, 5.41) is 3.39. The predicted molar refractivity (Wildman–Crippen MR) is 95.8 cm³/mol. The van der Waals surface area contributed by atoms with Crippen LogP contribution in [0.2, 0.25) is 0 Å². The van der Waals surface area contributed by atoms with Gasteiger partial charge in [-0.2, -0.15) is 0 Å². The highest BCUT2D eigenvalue weighted by Crippen LogP contribution is 2.22. The zero-order chi connectivity index (χ0) is 15.2. The number of nitrogens with one attached hydrogen (secondary N) is 1. The summed E-state index contributed by atoms with van der Waals surface area (Å²) in [5.41, 5.74) is 2.64. The minimum absolute atomic E-state index is 0. The number of hydrogen-bond acceptors (Lipinski definition) is 3. The van der Waals surface area contributed by atoms with Crippen LogP contribution in [0.15, 0.2) is 53.0 Å². The molecule has 0 saturated carbocycles. The van der Waals surface area contributed by atoms with Crippen LogP contribution in [0.3, 0.4) is 0 Å². The second kappa shape index (κ2) is 8.81. The van der Waals surface area contributed by atoms with Crippen molar-refractivity contribution in [3.8, 4) is 0 Å². The van der Waals surface area contributed by atoms with Crippen LogP contribution >= 0.6 is 28.3 Å². The number of esters is 1. The number of carbonyl (C=O) groups is 1. The average Bonchev–Trinajstić information content (AvgIpc) is 2.48. The molecule has 2 aromatic rings. The normalized spacial score (nSPS) is 11.2. The van der Waals surface area contributed by atoms with Gasteiger partial charge in [0.05, 0.1) is 12.2 Å². The van der Waals surface area contributed by atoms with Crippen LogP contribution in [-0.2, 0) is 4.74 Å². The smallest absolute Gasteiger partial charge is 0.338 e. The quantitative estimate of drug-likeness (QED) is 0.718. The van der Waals surface area contributed by atoms with Crippen LogP contribution in [0.5, 0.6) is 0 Å². The van der Waals surface area contributed by atoms with Gasteiger partial charge < -0.3 is 10.1 Å². The van der Waals surface area contributed by atoms with Gasteiger partial charge in [-0.3, -0.25) is 0 Å². The van der Waals surface area contributed by atoms with E-state index in [1.807, 2.05) is 30.3 Å². The minimum Gasteiger partial charge on any atom is -0.462 e. The molecule has 3 nitrogen and oxygen atoms in total. The lowest BCUT2D eigenvalue weighted by Crippen LogP contribution is -2.08. The van der Waals surface area contributed by atoms with Crippen LogP contribution in [0.4, 0.5) is 5.69 Å². The molecule has 0 aromatic heterocycles. The molecule has 0 fully saturated rings. The Bertz CT molecular complexity index is 616. The first kappa shape index (κ1) is 18.5. The standard InChI is InChI=1S/C17H18BrNO2.ClH/c1-3-21-17(20)14-5-4-6-16(11-14)19-12(2)13-7-9-15(18)10-8-13;/h4-12,19H,3H2,1-2H3;1H/t12-;/m0./s1. The summed E-state index contributed by atoms with van der Waals surface area (Å²) in [6.07, 6.45) is 0. The number of anilines is 1. The van der Waals surface area contributed by atoms with Crippen LogP contribution in [0.25, 0.3) is 0 Å². The molecule has 5 heteroatoms. The molecular weight excluding hydrogens is 366 g/mol. The van der Waals surface area contributed by atoms with Crippen LogP contribution in [0.1, 0.15) is 35.8 Å². The molecule has 1 atom stereocenters. The van der Waals surface area contributed by atoms with E-state index in [0.717, 1.165) is 10.2 Å². The van der Waals surface area contributed by atoms with Gasteiger partial charge in [0.2, 0.25) is 0 Å². The summed E-state index contributed by atoms with van der Waals surface area (Å²) in [4.78, 5) is 11.7. The van der Waals surface area contributed by atoms with E-state index in [1.165, 1.54) is 5.56 Å². The Labute approximate surface area is 145 Å². The molecule has 0 heterocycles. The maximum absolute atomic E-state index is 11.7. The number of carbonyl (C=O) groups excluding carboxylic acids is 1. The Hall–Kier alpha value is -1.52. The van der Waals surface area contributed by atoms with Crippen molar-refractivity contribution in [2.75, 3.05) is 11.9 Å². The zero-order valence-corrected chi connectivity index (χ0v) is 14.9. The monoisotopic (exact) mass is 383 g/mol. The molecule has 0 bridgehead atoms. The highest BCUT2D eigenvalue weighted by atomic mass is 79.9. The molecule has 0 saturated heterocycles. The third kappa shape index (κ3) is 5.04. The Balaban J connectivity index is 0.00000242.